The molecule has 3 aromatic rings. The van der Waals surface area contributed by atoms with Crippen molar-refractivity contribution in [3.05, 3.63) is 63.0 Å². The molecule has 0 N–H and O–H groups in total. The minimum atomic E-state index is -0.102. The molecule has 0 amide bonds. The Kier molecular flexibility index (Phi) is 5.06. The third-order valence-electron chi connectivity index (χ3n) is 3.65. The summed E-state index contributed by atoms with van der Waals surface area (Å²) in [5.41, 5.74) is 1.93. The van der Waals surface area contributed by atoms with Crippen molar-refractivity contribution in [1.82, 2.24) is 19.5 Å². The average molecular weight is 342 g/mol. The van der Waals surface area contributed by atoms with Crippen molar-refractivity contribution in [2.45, 2.75) is 33.4 Å². The third-order valence-corrected chi connectivity index (χ3v) is 4.58. The standard InChI is InChI=1S/C18H22N4OS/c1-13(2)9-16-20-22-17(23)10-15(19-18(22)24-16)12-21(3)11-14-7-5-4-6-8-14/h4-8,10,13H,9,11-12H2,1-3H3. The van der Waals surface area contributed by atoms with Gasteiger partial charge in [0.1, 0.15) is 5.01 Å². The number of hydrogen-bond acceptors (Lipinski definition) is 5. The normalized spacial score (nSPS) is 11.7. The van der Waals surface area contributed by atoms with Gasteiger partial charge < -0.3 is 0 Å². The number of aromatic nitrogens is 3. The first-order valence-electron chi connectivity index (χ1n) is 8.12. The molecule has 0 aliphatic heterocycles. The summed E-state index contributed by atoms with van der Waals surface area (Å²) in [5.74, 6) is 0.512. The maximum absolute atomic E-state index is 12.3. The lowest BCUT2D eigenvalue weighted by Crippen LogP contribution is -2.21. The van der Waals surface area contributed by atoms with Gasteiger partial charge in [0.2, 0.25) is 4.96 Å². The van der Waals surface area contributed by atoms with Gasteiger partial charge in [0.15, 0.2) is 0 Å². The maximum atomic E-state index is 12.3. The summed E-state index contributed by atoms with van der Waals surface area (Å²) in [7, 11) is 2.04. The highest BCUT2D eigenvalue weighted by atomic mass is 32.1. The molecule has 0 radical (unpaired) electrons. The van der Waals surface area contributed by atoms with Crippen molar-refractivity contribution in [3.63, 3.8) is 0 Å². The number of rotatable bonds is 6. The Morgan fingerprint density at radius 3 is 2.67 bits per heavy atom. The lowest BCUT2D eigenvalue weighted by atomic mass is 10.1. The highest BCUT2D eigenvalue weighted by Gasteiger charge is 2.11. The van der Waals surface area contributed by atoms with E-state index in [9.17, 15) is 4.79 Å². The molecule has 2 heterocycles. The molecule has 2 aromatic heterocycles. The van der Waals surface area contributed by atoms with Crippen molar-refractivity contribution in [2.24, 2.45) is 5.92 Å². The summed E-state index contributed by atoms with van der Waals surface area (Å²) < 4.78 is 1.42. The second-order valence-electron chi connectivity index (χ2n) is 6.53. The van der Waals surface area contributed by atoms with Crippen LogP contribution in [0.15, 0.2) is 41.2 Å². The van der Waals surface area contributed by atoms with Crippen molar-refractivity contribution in [3.8, 4) is 0 Å². The van der Waals surface area contributed by atoms with Crippen LogP contribution in [0.5, 0.6) is 0 Å². The van der Waals surface area contributed by atoms with Gasteiger partial charge in [-0.05, 0) is 18.5 Å². The summed E-state index contributed by atoms with van der Waals surface area (Å²) in [6, 6.07) is 11.9. The predicted molar refractivity (Wildman–Crippen MR) is 97.3 cm³/mol. The molecule has 6 heteroatoms. The lowest BCUT2D eigenvalue weighted by Gasteiger charge is -2.15. The van der Waals surface area contributed by atoms with Crippen LogP contribution >= 0.6 is 11.3 Å². The molecule has 5 nitrogen and oxygen atoms in total. The molecule has 24 heavy (non-hydrogen) atoms. The fourth-order valence-corrected chi connectivity index (χ4v) is 3.77. The second-order valence-corrected chi connectivity index (χ2v) is 7.57. The van der Waals surface area contributed by atoms with Gasteiger partial charge in [0.25, 0.3) is 5.56 Å². The van der Waals surface area contributed by atoms with Crippen molar-refractivity contribution in [1.29, 1.82) is 0 Å². The van der Waals surface area contributed by atoms with Gasteiger partial charge in [-0.3, -0.25) is 9.69 Å². The molecule has 0 aliphatic rings. The van der Waals surface area contributed by atoms with E-state index in [-0.39, 0.29) is 5.56 Å². The number of nitrogens with zero attached hydrogens (tertiary/aromatic N) is 4. The van der Waals surface area contributed by atoms with E-state index in [1.165, 1.54) is 21.4 Å². The lowest BCUT2D eigenvalue weighted by molar-refractivity contribution is 0.315. The molecule has 0 aliphatic carbocycles. The van der Waals surface area contributed by atoms with E-state index in [1.807, 2.05) is 25.2 Å². The Morgan fingerprint density at radius 2 is 1.96 bits per heavy atom. The molecule has 0 spiro atoms. The fourth-order valence-electron chi connectivity index (χ4n) is 2.64. The fraction of sp³-hybridized carbons (Fsp3) is 0.389. The van der Waals surface area contributed by atoms with Crippen LogP contribution in [0.3, 0.4) is 0 Å². The van der Waals surface area contributed by atoms with E-state index >= 15 is 0 Å². The Balaban J connectivity index is 1.78. The monoisotopic (exact) mass is 342 g/mol. The van der Waals surface area contributed by atoms with E-state index < -0.39 is 0 Å². The summed E-state index contributed by atoms with van der Waals surface area (Å²) in [4.78, 5) is 19.7. The van der Waals surface area contributed by atoms with Crippen LogP contribution in [0.4, 0.5) is 0 Å². The van der Waals surface area contributed by atoms with Crippen molar-refractivity contribution >= 4 is 16.3 Å². The Hall–Kier alpha value is -2.05. The zero-order chi connectivity index (χ0) is 17.1. The number of benzene rings is 1. The summed E-state index contributed by atoms with van der Waals surface area (Å²) >= 11 is 1.51. The molecule has 1 aromatic carbocycles. The highest BCUT2D eigenvalue weighted by molar-refractivity contribution is 7.16. The van der Waals surface area contributed by atoms with Crippen LogP contribution in [-0.2, 0) is 19.5 Å². The topological polar surface area (TPSA) is 50.5 Å². The molecule has 0 saturated heterocycles. The Labute approximate surface area is 145 Å². The van der Waals surface area contributed by atoms with Crippen LogP contribution in [0.2, 0.25) is 0 Å². The van der Waals surface area contributed by atoms with Crippen LogP contribution in [0, 0.1) is 5.92 Å². The van der Waals surface area contributed by atoms with Crippen molar-refractivity contribution in [2.75, 3.05) is 7.05 Å². The number of fused-ring (bicyclic) bond motifs is 1. The maximum Gasteiger partial charge on any atom is 0.275 e. The van der Waals surface area contributed by atoms with Crippen LogP contribution < -0.4 is 5.56 Å². The van der Waals surface area contributed by atoms with E-state index in [0.717, 1.165) is 23.7 Å². The molecule has 0 unspecified atom stereocenters. The first-order valence-corrected chi connectivity index (χ1v) is 8.94. The molecule has 0 fully saturated rings. The molecule has 0 bridgehead atoms. The van der Waals surface area contributed by atoms with E-state index in [2.05, 4.69) is 41.0 Å². The largest absolute Gasteiger partial charge is 0.296 e. The van der Waals surface area contributed by atoms with E-state index in [0.29, 0.717) is 17.4 Å². The molecule has 0 atom stereocenters. The predicted octanol–water partition coefficient (Wildman–Crippen LogP) is 2.98. The molecule has 3 rings (SSSR count). The summed E-state index contributed by atoms with van der Waals surface area (Å²) in [6.07, 6.45) is 0.872. The Morgan fingerprint density at radius 1 is 1.21 bits per heavy atom. The molecule has 126 valence electrons. The van der Waals surface area contributed by atoms with Gasteiger partial charge in [-0.1, -0.05) is 55.5 Å². The SMILES string of the molecule is CC(C)Cc1nn2c(=O)cc(CN(C)Cc3ccccc3)nc2s1. The first-order chi connectivity index (χ1) is 11.5. The zero-order valence-electron chi connectivity index (χ0n) is 14.3. The minimum Gasteiger partial charge on any atom is -0.296 e. The van der Waals surface area contributed by atoms with E-state index in [1.54, 1.807) is 6.07 Å². The van der Waals surface area contributed by atoms with Gasteiger partial charge in [0, 0.05) is 25.6 Å². The van der Waals surface area contributed by atoms with E-state index in [4.69, 9.17) is 0 Å². The quantitative estimate of drug-likeness (QED) is 0.691. The third kappa shape index (κ3) is 4.07. The van der Waals surface area contributed by atoms with Gasteiger partial charge in [0.05, 0.1) is 5.69 Å². The number of hydrogen-bond donors (Lipinski definition) is 0. The minimum absolute atomic E-state index is 0.102. The van der Waals surface area contributed by atoms with Crippen LogP contribution in [0.25, 0.3) is 4.96 Å². The van der Waals surface area contributed by atoms with Crippen LogP contribution in [0.1, 0.15) is 30.1 Å². The molecule has 0 saturated carbocycles. The molecular weight excluding hydrogens is 320 g/mol. The smallest absolute Gasteiger partial charge is 0.275 e. The van der Waals surface area contributed by atoms with Crippen molar-refractivity contribution < 1.29 is 0 Å². The van der Waals surface area contributed by atoms with Gasteiger partial charge in [-0.25, -0.2) is 4.98 Å². The highest BCUT2D eigenvalue weighted by Crippen LogP contribution is 2.16. The first kappa shape index (κ1) is 16.8. The Bertz CT molecular complexity index is 870. The summed E-state index contributed by atoms with van der Waals surface area (Å²) in [6.45, 7) is 5.75. The van der Waals surface area contributed by atoms with Gasteiger partial charge in [-0.15, -0.1) is 0 Å². The second kappa shape index (κ2) is 7.23. The molecular formula is C18H22N4OS. The van der Waals surface area contributed by atoms with Crippen LogP contribution in [-0.4, -0.2) is 26.5 Å². The van der Waals surface area contributed by atoms with Gasteiger partial charge in [-0.2, -0.15) is 9.61 Å². The van der Waals surface area contributed by atoms with Gasteiger partial charge >= 0.3 is 0 Å². The average Bonchev–Trinajstić information content (AvgIpc) is 2.90. The summed E-state index contributed by atoms with van der Waals surface area (Å²) in [5, 5.41) is 5.35. The zero-order valence-corrected chi connectivity index (χ0v) is 15.1.